The van der Waals surface area contributed by atoms with E-state index in [1.165, 1.54) is 0 Å². The van der Waals surface area contributed by atoms with Gasteiger partial charge in [-0.2, -0.15) is 0 Å². The van der Waals surface area contributed by atoms with Crippen LogP contribution in [-0.2, 0) is 17.8 Å². The van der Waals surface area contributed by atoms with Crippen molar-refractivity contribution < 1.29 is 9.21 Å². The number of carbonyl (C=O) groups is 1. The molecule has 1 aromatic carbocycles. The number of aliphatic imine (C=N–C) groups is 1. The number of nitrogens with one attached hydrogen (secondary N) is 3. The number of benzene rings is 1. The molecule has 0 atom stereocenters. The highest BCUT2D eigenvalue weighted by atomic mass is 16.3. The minimum absolute atomic E-state index is 0.0807. The summed E-state index contributed by atoms with van der Waals surface area (Å²) in [6.45, 7) is 1.37. The smallest absolute Gasteiger partial charge is 0.239 e. The van der Waals surface area contributed by atoms with Gasteiger partial charge in [0.15, 0.2) is 5.96 Å². The van der Waals surface area contributed by atoms with Crippen LogP contribution in [0.15, 0.2) is 58.1 Å². The Kier molecular flexibility index (Phi) is 6.71. The van der Waals surface area contributed by atoms with Gasteiger partial charge < -0.3 is 20.4 Å². The minimum atomic E-state index is -0.0807. The molecule has 122 valence electrons. The van der Waals surface area contributed by atoms with Gasteiger partial charge in [0.2, 0.25) is 5.91 Å². The Labute approximate surface area is 136 Å². The summed E-state index contributed by atoms with van der Waals surface area (Å²) < 4.78 is 5.26. The standard InChI is InChI=1S/C17H22N4O2/c1-18-17(19-10-9-15-8-5-11-23-15)21-13-16(22)20-12-14-6-3-2-4-7-14/h2-8,11H,9-10,12-13H2,1H3,(H,20,22)(H2,18,19,21). The van der Waals surface area contributed by atoms with Gasteiger partial charge in [-0.25, -0.2) is 0 Å². The van der Waals surface area contributed by atoms with Crippen LogP contribution in [0.2, 0.25) is 0 Å². The second kappa shape index (κ2) is 9.30. The maximum absolute atomic E-state index is 11.8. The number of amides is 1. The van der Waals surface area contributed by atoms with Crippen LogP contribution >= 0.6 is 0 Å². The molecule has 1 aromatic heterocycles. The summed E-state index contributed by atoms with van der Waals surface area (Å²) in [5.74, 6) is 1.42. The van der Waals surface area contributed by atoms with Gasteiger partial charge in [0.1, 0.15) is 5.76 Å². The van der Waals surface area contributed by atoms with Crippen LogP contribution in [0.25, 0.3) is 0 Å². The average molecular weight is 314 g/mol. The molecular weight excluding hydrogens is 292 g/mol. The number of furan rings is 1. The largest absolute Gasteiger partial charge is 0.469 e. The predicted molar refractivity (Wildman–Crippen MR) is 90.1 cm³/mol. The van der Waals surface area contributed by atoms with Crippen LogP contribution in [0.4, 0.5) is 0 Å². The third kappa shape index (κ3) is 6.25. The number of carbonyl (C=O) groups excluding carboxylic acids is 1. The lowest BCUT2D eigenvalue weighted by molar-refractivity contribution is -0.120. The Morgan fingerprint density at radius 3 is 2.61 bits per heavy atom. The fourth-order valence-corrected chi connectivity index (χ4v) is 2.00. The van der Waals surface area contributed by atoms with Crippen LogP contribution in [0.5, 0.6) is 0 Å². The van der Waals surface area contributed by atoms with Crippen molar-refractivity contribution in [1.82, 2.24) is 16.0 Å². The van der Waals surface area contributed by atoms with E-state index in [9.17, 15) is 4.79 Å². The van der Waals surface area contributed by atoms with E-state index in [0.29, 0.717) is 19.0 Å². The fraction of sp³-hybridized carbons (Fsp3) is 0.294. The second-order valence-electron chi connectivity index (χ2n) is 4.94. The van der Waals surface area contributed by atoms with Crippen molar-refractivity contribution in [3.63, 3.8) is 0 Å². The maximum Gasteiger partial charge on any atom is 0.239 e. The van der Waals surface area contributed by atoms with Gasteiger partial charge in [0.25, 0.3) is 0 Å². The first kappa shape index (κ1) is 16.6. The second-order valence-corrected chi connectivity index (χ2v) is 4.94. The van der Waals surface area contributed by atoms with Crippen molar-refractivity contribution >= 4 is 11.9 Å². The van der Waals surface area contributed by atoms with Crippen molar-refractivity contribution in [1.29, 1.82) is 0 Å². The number of hydrogen-bond donors (Lipinski definition) is 3. The summed E-state index contributed by atoms with van der Waals surface area (Å²) >= 11 is 0. The predicted octanol–water partition coefficient (Wildman–Crippen LogP) is 1.30. The van der Waals surface area contributed by atoms with Crippen LogP contribution in [0.1, 0.15) is 11.3 Å². The normalized spacial score (nSPS) is 11.1. The summed E-state index contributed by atoms with van der Waals surface area (Å²) in [6, 6.07) is 13.6. The van der Waals surface area contributed by atoms with Gasteiger partial charge in [0.05, 0.1) is 12.8 Å². The molecule has 0 fully saturated rings. The summed E-state index contributed by atoms with van der Waals surface area (Å²) in [6.07, 6.45) is 2.41. The third-order valence-corrected chi connectivity index (χ3v) is 3.22. The lowest BCUT2D eigenvalue weighted by Crippen LogP contribution is -2.43. The molecule has 0 saturated carbocycles. The molecule has 1 amide bonds. The zero-order chi connectivity index (χ0) is 16.3. The minimum Gasteiger partial charge on any atom is -0.469 e. The van der Waals surface area contributed by atoms with E-state index in [2.05, 4.69) is 20.9 Å². The van der Waals surface area contributed by atoms with Gasteiger partial charge in [0, 0.05) is 26.6 Å². The van der Waals surface area contributed by atoms with E-state index in [4.69, 9.17) is 4.42 Å². The molecule has 6 heteroatoms. The van der Waals surface area contributed by atoms with Crippen molar-refractivity contribution in [2.24, 2.45) is 4.99 Å². The maximum atomic E-state index is 11.8. The molecule has 2 rings (SSSR count). The average Bonchev–Trinajstić information content (AvgIpc) is 3.10. The lowest BCUT2D eigenvalue weighted by atomic mass is 10.2. The van der Waals surface area contributed by atoms with Crippen LogP contribution in [0.3, 0.4) is 0 Å². The van der Waals surface area contributed by atoms with Gasteiger partial charge in [-0.15, -0.1) is 0 Å². The van der Waals surface area contributed by atoms with E-state index in [1.54, 1.807) is 13.3 Å². The van der Waals surface area contributed by atoms with Gasteiger partial charge in [-0.3, -0.25) is 9.79 Å². The Morgan fingerprint density at radius 2 is 1.91 bits per heavy atom. The molecule has 23 heavy (non-hydrogen) atoms. The van der Waals surface area contributed by atoms with Crippen LogP contribution in [-0.4, -0.2) is 32.0 Å². The topological polar surface area (TPSA) is 78.7 Å². The van der Waals surface area contributed by atoms with Crippen molar-refractivity contribution in [3.8, 4) is 0 Å². The molecule has 0 bridgehead atoms. The highest BCUT2D eigenvalue weighted by molar-refractivity contribution is 5.86. The molecule has 0 radical (unpaired) electrons. The molecule has 0 aliphatic carbocycles. The Hall–Kier alpha value is -2.76. The fourth-order valence-electron chi connectivity index (χ4n) is 2.00. The highest BCUT2D eigenvalue weighted by Gasteiger charge is 2.04. The molecule has 1 heterocycles. The van der Waals surface area contributed by atoms with Gasteiger partial charge in [-0.05, 0) is 17.7 Å². The molecule has 6 nitrogen and oxygen atoms in total. The summed E-state index contributed by atoms with van der Waals surface area (Å²) in [7, 11) is 1.67. The van der Waals surface area contributed by atoms with Gasteiger partial charge in [-0.1, -0.05) is 30.3 Å². The first-order valence-corrected chi connectivity index (χ1v) is 7.55. The molecule has 0 unspecified atom stereocenters. The van der Waals surface area contributed by atoms with E-state index in [-0.39, 0.29) is 12.5 Å². The number of guanidine groups is 1. The van der Waals surface area contributed by atoms with Crippen molar-refractivity contribution in [2.45, 2.75) is 13.0 Å². The molecule has 2 aromatic rings. The number of hydrogen-bond acceptors (Lipinski definition) is 3. The Balaban J connectivity index is 1.63. The van der Waals surface area contributed by atoms with E-state index >= 15 is 0 Å². The molecular formula is C17H22N4O2. The SMILES string of the molecule is CN=C(NCCc1ccco1)NCC(=O)NCc1ccccc1. The molecule has 3 N–H and O–H groups in total. The Bertz CT molecular complexity index is 609. The van der Waals surface area contributed by atoms with E-state index in [1.807, 2.05) is 42.5 Å². The van der Waals surface area contributed by atoms with Gasteiger partial charge >= 0.3 is 0 Å². The summed E-state index contributed by atoms with van der Waals surface area (Å²) in [5.41, 5.74) is 1.07. The number of rotatable bonds is 7. The number of nitrogens with zero attached hydrogens (tertiary/aromatic N) is 1. The zero-order valence-corrected chi connectivity index (χ0v) is 13.2. The molecule has 0 aliphatic rings. The van der Waals surface area contributed by atoms with E-state index < -0.39 is 0 Å². The first-order valence-electron chi connectivity index (χ1n) is 7.55. The lowest BCUT2D eigenvalue weighted by Gasteiger charge is -2.11. The summed E-state index contributed by atoms with van der Waals surface area (Å²) in [5, 5.41) is 8.98. The molecule has 0 aliphatic heterocycles. The Morgan fingerprint density at radius 1 is 1.09 bits per heavy atom. The van der Waals surface area contributed by atoms with Crippen LogP contribution < -0.4 is 16.0 Å². The van der Waals surface area contributed by atoms with Crippen LogP contribution in [0, 0.1) is 0 Å². The van der Waals surface area contributed by atoms with E-state index in [0.717, 1.165) is 17.7 Å². The molecule has 0 spiro atoms. The third-order valence-electron chi connectivity index (χ3n) is 3.22. The zero-order valence-electron chi connectivity index (χ0n) is 13.2. The molecule has 0 saturated heterocycles. The van der Waals surface area contributed by atoms with Crippen molar-refractivity contribution in [2.75, 3.05) is 20.1 Å². The monoisotopic (exact) mass is 314 g/mol. The highest BCUT2D eigenvalue weighted by Crippen LogP contribution is 1.99. The first-order chi connectivity index (χ1) is 11.3. The summed E-state index contributed by atoms with van der Waals surface area (Å²) in [4.78, 5) is 15.9. The quantitative estimate of drug-likeness (QED) is 0.532. The van der Waals surface area contributed by atoms with Crippen molar-refractivity contribution in [3.05, 3.63) is 60.1 Å².